The van der Waals surface area contributed by atoms with Crippen LogP contribution in [0.15, 0.2) is 66.6 Å². The van der Waals surface area contributed by atoms with E-state index < -0.39 is 0 Å². The molecule has 0 unspecified atom stereocenters. The molecule has 130 valence electrons. The van der Waals surface area contributed by atoms with Crippen LogP contribution in [0.1, 0.15) is 11.1 Å². The molecule has 0 fully saturated rings. The van der Waals surface area contributed by atoms with Crippen LogP contribution in [0.4, 0.5) is 10.8 Å². The average Bonchev–Trinajstić information content (AvgIpc) is 3.36. The van der Waals surface area contributed by atoms with Crippen molar-refractivity contribution < 1.29 is 5.11 Å². The molecule has 0 radical (unpaired) electrons. The van der Waals surface area contributed by atoms with Gasteiger partial charge in [0, 0.05) is 34.7 Å². The van der Waals surface area contributed by atoms with Gasteiger partial charge in [0.15, 0.2) is 5.13 Å². The van der Waals surface area contributed by atoms with Crippen molar-refractivity contribution in [2.45, 2.75) is 13.5 Å². The Morgan fingerprint density at radius 1 is 1.15 bits per heavy atom. The van der Waals surface area contributed by atoms with Crippen LogP contribution >= 0.6 is 11.3 Å². The summed E-state index contributed by atoms with van der Waals surface area (Å²) < 4.78 is 1.97. The summed E-state index contributed by atoms with van der Waals surface area (Å²) in [5, 5.41) is 15.5. The molecule has 0 atom stereocenters. The van der Waals surface area contributed by atoms with Gasteiger partial charge in [0.05, 0.1) is 18.6 Å². The number of aliphatic hydroxyl groups excluding tert-OH is 1. The van der Waals surface area contributed by atoms with Crippen molar-refractivity contribution >= 4 is 22.2 Å². The van der Waals surface area contributed by atoms with Crippen LogP contribution in [-0.2, 0) is 6.61 Å². The van der Waals surface area contributed by atoms with Gasteiger partial charge in [-0.15, -0.1) is 11.3 Å². The van der Waals surface area contributed by atoms with E-state index in [1.807, 2.05) is 41.3 Å². The minimum absolute atomic E-state index is 0.0291. The first-order chi connectivity index (χ1) is 12.7. The minimum Gasteiger partial charge on any atom is -0.392 e. The Morgan fingerprint density at radius 2 is 2.00 bits per heavy atom. The van der Waals surface area contributed by atoms with Crippen LogP contribution in [0.5, 0.6) is 0 Å². The first-order valence-corrected chi connectivity index (χ1v) is 9.12. The Morgan fingerprint density at radius 3 is 2.73 bits per heavy atom. The molecule has 2 aromatic heterocycles. The molecule has 4 aromatic rings. The topological polar surface area (TPSA) is 63.0 Å². The molecule has 4 rings (SSSR count). The molecular weight excluding hydrogens is 344 g/mol. The molecule has 6 heteroatoms. The fraction of sp³-hybridized carbons (Fsp3) is 0.100. The number of aryl methyl sites for hydroxylation is 1. The third kappa shape index (κ3) is 3.37. The molecule has 2 heterocycles. The van der Waals surface area contributed by atoms with Crippen molar-refractivity contribution in [1.82, 2.24) is 14.5 Å². The van der Waals surface area contributed by atoms with Crippen LogP contribution < -0.4 is 5.32 Å². The van der Waals surface area contributed by atoms with Crippen LogP contribution in [0.3, 0.4) is 0 Å². The summed E-state index contributed by atoms with van der Waals surface area (Å²) in [6.45, 7) is 2.06. The molecule has 0 aliphatic carbocycles. The summed E-state index contributed by atoms with van der Waals surface area (Å²) in [4.78, 5) is 8.76. The first kappa shape index (κ1) is 16.5. The summed E-state index contributed by atoms with van der Waals surface area (Å²) in [6, 6.07) is 14.1. The van der Waals surface area contributed by atoms with Crippen molar-refractivity contribution in [3.63, 3.8) is 0 Å². The largest absolute Gasteiger partial charge is 0.392 e. The Hall–Kier alpha value is -2.96. The number of hydrogen-bond acceptors (Lipinski definition) is 5. The van der Waals surface area contributed by atoms with Crippen molar-refractivity contribution in [2.75, 3.05) is 5.32 Å². The molecule has 0 amide bonds. The van der Waals surface area contributed by atoms with E-state index in [4.69, 9.17) is 4.98 Å². The SMILES string of the molecule is Cc1ccc(CO)cc1Nc1nc(-c2ccc(-n3ccnc3)cc2)cs1. The third-order valence-corrected chi connectivity index (χ3v) is 4.95. The van der Waals surface area contributed by atoms with Gasteiger partial charge in [0.25, 0.3) is 0 Å². The maximum atomic E-state index is 9.32. The first-order valence-electron chi connectivity index (χ1n) is 8.24. The molecular formula is C20H18N4OS. The predicted octanol–water partition coefficient (Wildman–Crippen LogP) is 4.54. The summed E-state index contributed by atoms with van der Waals surface area (Å²) in [7, 11) is 0. The zero-order valence-corrected chi connectivity index (χ0v) is 15.1. The van der Waals surface area contributed by atoms with Crippen molar-refractivity contribution in [3.05, 3.63) is 77.7 Å². The number of imidazole rings is 1. The Balaban J connectivity index is 1.55. The fourth-order valence-electron chi connectivity index (χ4n) is 2.70. The number of anilines is 2. The second-order valence-electron chi connectivity index (χ2n) is 5.99. The minimum atomic E-state index is 0.0291. The van der Waals surface area contributed by atoms with Crippen molar-refractivity contribution in [2.24, 2.45) is 0 Å². The van der Waals surface area contributed by atoms with Crippen LogP contribution in [0, 0.1) is 6.92 Å². The van der Waals surface area contributed by atoms with Gasteiger partial charge in [-0.05, 0) is 36.2 Å². The highest BCUT2D eigenvalue weighted by Crippen LogP contribution is 2.29. The lowest BCUT2D eigenvalue weighted by Crippen LogP contribution is -1.95. The van der Waals surface area contributed by atoms with Crippen molar-refractivity contribution in [3.8, 4) is 16.9 Å². The van der Waals surface area contributed by atoms with E-state index in [-0.39, 0.29) is 6.61 Å². The van der Waals surface area contributed by atoms with Gasteiger partial charge >= 0.3 is 0 Å². The second kappa shape index (κ2) is 7.11. The van der Waals surface area contributed by atoms with Crippen molar-refractivity contribution in [1.29, 1.82) is 0 Å². The number of rotatable bonds is 5. The van der Waals surface area contributed by atoms with E-state index in [2.05, 4.69) is 34.6 Å². The molecule has 5 nitrogen and oxygen atoms in total. The number of hydrogen-bond donors (Lipinski definition) is 2. The molecule has 0 aliphatic heterocycles. The van der Waals surface area contributed by atoms with E-state index in [1.165, 1.54) is 0 Å². The van der Waals surface area contributed by atoms with Gasteiger partial charge in [0.2, 0.25) is 0 Å². The molecule has 26 heavy (non-hydrogen) atoms. The van der Waals surface area contributed by atoms with E-state index in [0.29, 0.717) is 0 Å². The number of thiazole rings is 1. The number of aromatic nitrogens is 3. The Bertz CT molecular complexity index is 1010. The number of nitrogens with zero attached hydrogens (tertiary/aromatic N) is 3. The standard InChI is InChI=1S/C20H18N4OS/c1-14-2-3-15(11-25)10-18(14)22-20-23-19(12-26-20)16-4-6-17(7-5-16)24-9-8-21-13-24/h2-10,12-13,25H,11H2,1H3,(H,22,23). The van der Waals surface area contributed by atoms with E-state index in [1.54, 1.807) is 23.9 Å². The zero-order valence-electron chi connectivity index (χ0n) is 14.3. The predicted molar refractivity (Wildman–Crippen MR) is 105 cm³/mol. The van der Waals surface area contributed by atoms with E-state index in [9.17, 15) is 5.11 Å². The van der Waals surface area contributed by atoms with E-state index in [0.717, 1.165) is 38.9 Å². The molecule has 0 aliphatic rings. The Kier molecular flexibility index (Phi) is 4.51. The van der Waals surface area contributed by atoms with Crippen LogP contribution in [0.2, 0.25) is 0 Å². The normalized spacial score (nSPS) is 10.8. The fourth-order valence-corrected chi connectivity index (χ4v) is 3.43. The zero-order chi connectivity index (χ0) is 17.9. The quantitative estimate of drug-likeness (QED) is 0.547. The third-order valence-electron chi connectivity index (χ3n) is 4.20. The lowest BCUT2D eigenvalue weighted by atomic mass is 10.1. The van der Waals surface area contributed by atoms with Gasteiger partial charge < -0.3 is 15.0 Å². The average molecular weight is 362 g/mol. The summed E-state index contributed by atoms with van der Waals surface area (Å²) in [6.07, 6.45) is 5.46. The highest BCUT2D eigenvalue weighted by molar-refractivity contribution is 7.14. The van der Waals surface area contributed by atoms with Crippen LogP contribution in [-0.4, -0.2) is 19.6 Å². The summed E-state index contributed by atoms with van der Waals surface area (Å²) in [5.41, 5.74) is 6.03. The van der Waals surface area contributed by atoms with Gasteiger partial charge in [-0.2, -0.15) is 0 Å². The van der Waals surface area contributed by atoms with Gasteiger partial charge in [-0.3, -0.25) is 0 Å². The highest BCUT2D eigenvalue weighted by atomic mass is 32.1. The van der Waals surface area contributed by atoms with E-state index >= 15 is 0 Å². The monoisotopic (exact) mass is 362 g/mol. The maximum Gasteiger partial charge on any atom is 0.187 e. The Labute approximate surface area is 155 Å². The smallest absolute Gasteiger partial charge is 0.187 e. The molecule has 2 aromatic carbocycles. The summed E-state index contributed by atoms with van der Waals surface area (Å²) >= 11 is 1.56. The summed E-state index contributed by atoms with van der Waals surface area (Å²) in [5.74, 6) is 0. The highest BCUT2D eigenvalue weighted by Gasteiger charge is 2.07. The maximum absolute atomic E-state index is 9.32. The molecule has 0 spiro atoms. The number of nitrogens with one attached hydrogen (secondary N) is 1. The molecule has 2 N–H and O–H groups in total. The van der Waals surface area contributed by atoms with Crippen LogP contribution in [0.25, 0.3) is 16.9 Å². The van der Waals surface area contributed by atoms with Gasteiger partial charge in [-0.1, -0.05) is 24.3 Å². The molecule has 0 bridgehead atoms. The molecule has 0 saturated carbocycles. The van der Waals surface area contributed by atoms with Gasteiger partial charge in [0.1, 0.15) is 0 Å². The number of benzene rings is 2. The number of aliphatic hydroxyl groups is 1. The lowest BCUT2D eigenvalue weighted by molar-refractivity contribution is 0.282. The lowest BCUT2D eigenvalue weighted by Gasteiger charge is -2.08. The van der Waals surface area contributed by atoms with Gasteiger partial charge in [-0.25, -0.2) is 9.97 Å². The second-order valence-corrected chi connectivity index (χ2v) is 6.85. The molecule has 0 saturated heterocycles.